The second-order valence-electron chi connectivity index (χ2n) is 4.70. The number of aryl methyl sites for hydroxylation is 1. The van der Waals surface area contributed by atoms with Gasteiger partial charge in [0.2, 0.25) is 0 Å². The summed E-state index contributed by atoms with van der Waals surface area (Å²) in [5.74, 6) is 0.913. The highest BCUT2D eigenvalue weighted by atomic mass is 32.2. The number of aromatic nitrogens is 1. The number of aliphatic hydroxyl groups excluding tert-OH is 1. The Balaban J connectivity index is 2.27. The molecule has 0 radical (unpaired) electrons. The average molecular weight is 261 g/mol. The van der Waals surface area contributed by atoms with Gasteiger partial charge in [0.25, 0.3) is 0 Å². The van der Waals surface area contributed by atoms with Crippen molar-refractivity contribution in [3.05, 3.63) is 41.6 Å². The molecule has 1 N–H and O–H groups in total. The minimum atomic E-state index is -0.274. The summed E-state index contributed by atoms with van der Waals surface area (Å²) in [6.45, 7) is 5.93. The van der Waals surface area contributed by atoms with E-state index in [4.69, 9.17) is 0 Å². The Labute approximate surface area is 112 Å². The fourth-order valence-corrected chi connectivity index (χ4v) is 2.83. The molecule has 1 heterocycles. The molecule has 96 valence electrons. The molecule has 0 bridgehead atoms. The summed E-state index contributed by atoms with van der Waals surface area (Å²) < 4.78 is 0. The van der Waals surface area contributed by atoms with E-state index >= 15 is 0 Å². The normalized spacial score (nSPS) is 14.7. The van der Waals surface area contributed by atoms with Crippen molar-refractivity contribution in [3.63, 3.8) is 0 Å². The molecule has 3 heteroatoms. The lowest BCUT2D eigenvalue weighted by Gasteiger charge is -2.15. The van der Waals surface area contributed by atoms with Crippen LogP contribution < -0.4 is 0 Å². The van der Waals surface area contributed by atoms with Gasteiger partial charge in [-0.05, 0) is 31.5 Å². The molecule has 0 aliphatic heterocycles. The minimum absolute atomic E-state index is 0.247. The molecule has 0 spiro atoms. The van der Waals surface area contributed by atoms with E-state index in [9.17, 15) is 5.11 Å². The first-order valence-electron chi connectivity index (χ1n) is 6.23. The van der Waals surface area contributed by atoms with Crippen LogP contribution in [0.3, 0.4) is 0 Å². The lowest BCUT2D eigenvalue weighted by molar-refractivity contribution is 0.196. The Hall–Kier alpha value is -1.06. The number of hydrogen-bond donors (Lipinski definition) is 1. The van der Waals surface area contributed by atoms with Crippen LogP contribution in [-0.2, 0) is 5.75 Å². The molecule has 0 saturated heterocycles. The van der Waals surface area contributed by atoms with Gasteiger partial charge < -0.3 is 5.11 Å². The highest BCUT2D eigenvalue weighted by Gasteiger charge is 2.11. The molecule has 0 amide bonds. The van der Waals surface area contributed by atoms with Crippen LogP contribution in [0.25, 0.3) is 10.9 Å². The van der Waals surface area contributed by atoms with E-state index in [1.807, 2.05) is 26.0 Å². The standard InChI is InChI=1S/C15H19NOS/c1-10-8-13(9-18-12(3)11(2)17)14-6-4-5-7-15(14)16-10/h4-8,11-12,17H,9H2,1-3H3. The first kappa shape index (κ1) is 13.4. The molecule has 2 atom stereocenters. The van der Waals surface area contributed by atoms with Crippen LogP contribution in [0.2, 0.25) is 0 Å². The van der Waals surface area contributed by atoms with E-state index in [0.717, 1.165) is 17.0 Å². The molecule has 0 aliphatic rings. The predicted octanol–water partition coefficient (Wildman–Crippen LogP) is 3.55. The van der Waals surface area contributed by atoms with Gasteiger partial charge in [-0.1, -0.05) is 25.1 Å². The largest absolute Gasteiger partial charge is 0.392 e. The number of aliphatic hydroxyl groups is 1. The van der Waals surface area contributed by atoms with Crippen LogP contribution >= 0.6 is 11.8 Å². The Bertz CT molecular complexity index is 539. The third-order valence-corrected chi connectivity index (χ3v) is 4.51. The Kier molecular flexibility index (Phi) is 4.25. The van der Waals surface area contributed by atoms with Gasteiger partial charge in [0.1, 0.15) is 0 Å². The summed E-state index contributed by atoms with van der Waals surface area (Å²) in [5.41, 5.74) is 3.41. The Morgan fingerprint density at radius 1 is 1.28 bits per heavy atom. The van der Waals surface area contributed by atoms with Crippen LogP contribution in [0.1, 0.15) is 25.1 Å². The lowest BCUT2D eigenvalue weighted by atomic mass is 10.1. The summed E-state index contributed by atoms with van der Waals surface area (Å²) in [4.78, 5) is 4.54. The van der Waals surface area contributed by atoms with Crippen molar-refractivity contribution >= 4 is 22.7 Å². The van der Waals surface area contributed by atoms with Gasteiger partial charge in [0.15, 0.2) is 0 Å². The highest BCUT2D eigenvalue weighted by molar-refractivity contribution is 7.99. The quantitative estimate of drug-likeness (QED) is 0.913. The molecule has 2 aromatic rings. The summed E-state index contributed by atoms with van der Waals surface area (Å²) in [6, 6.07) is 10.4. The van der Waals surface area contributed by atoms with Gasteiger partial charge in [-0.2, -0.15) is 11.8 Å². The van der Waals surface area contributed by atoms with Crippen LogP contribution in [0.5, 0.6) is 0 Å². The molecule has 1 aromatic carbocycles. The zero-order valence-electron chi connectivity index (χ0n) is 11.1. The number of nitrogens with zero attached hydrogens (tertiary/aromatic N) is 1. The number of pyridine rings is 1. The monoisotopic (exact) mass is 261 g/mol. The zero-order chi connectivity index (χ0) is 13.1. The van der Waals surface area contributed by atoms with Crippen molar-refractivity contribution in [2.75, 3.05) is 0 Å². The summed E-state index contributed by atoms with van der Waals surface area (Å²) in [5, 5.41) is 11.0. The van der Waals surface area contributed by atoms with E-state index in [1.165, 1.54) is 10.9 Å². The van der Waals surface area contributed by atoms with Crippen LogP contribution in [0, 0.1) is 6.92 Å². The molecular formula is C15H19NOS. The maximum absolute atomic E-state index is 9.53. The van der Waals surface area contributed by atoms with Crippen LogP contribution in [-0.4, -0.2) is 21.4 Å². The predicted molar refractivity (Wildman–Crippen MR) is 78.9 cm³/mol. The SMILES string of the molecule is Cc1cc(CSC(C)C(C)O)c2ccccc2n1. The van der Waals surface area contributed by atoms with Gasteiger partial charge in [-0.25, -0.2) is 0 Å². The summed E-state index contributed by atoms with van der Waals surface area (Å²) in [7, 11) is 0. The number of hydrogen-bond acceptors (Lipinski definition) is 3. The van der Waals surface area contributed by atoms with Crippen LogP contribution in [0.15, 0.2) is 30.3 Å². The number of fused-ring (bicyclic) bond motifs is 1. The number of benzene rings is 1. The number of rotatable bonds is 4. The van der Waals surface area contributed by atoms with Gasteiger partial charge in [-0.15, -0.1) is 0 Å². The zero-order valence-corrected chi connectivity index (χ0v) is 11.9. The van der Waals surface area contributed by atoms with Crippen LogP contribution in [0.4, 0.5) is 0 Å². The van der Waals surface area contributed by atoms with Gasteiger partial charge >= 0.3 is 0 Å². The third kappa shape index (κ3) is 3.03. The molecule has 18 heavy (non-hydrogen) atoms. The van der Waals surface area contributed by atoms with Crippen molar-refractivity contribution in [1.29, 1.82) is 0 Å². The minimum Gasteiger partial charge on any atom is -0.392 e. The molecule has 2 nitrogen and oxygen atoms in total. The smallest absolute Gasteiger partial charge is 0.0708 e. The third-order valence-electron chi connectivity index (χ3n) is 3.11. The van der Waals surface area contributed by atoms with E-state index in [2.05, 4.69) is 30.1 Å². The Morgan fingerprint density at radius 2 is 2.00 bits per heavy atom. The average Bonchev–Trinajstić information content (AvgIpc) is 2.35. The lowest BCUT2D eigenvalue weighted by Crippen LogP contribution is -2.15. The topological polar surface area (TPSA) is 33.1 Å². The van der Waals surface area contributed by atoms with Gasteiger partial charge in [0, 0.05) is 22.1 Å². The molecule has 0 fully saturated rings. The van der Waals surface area contributed by atoms with Crippen molar-refractivity contribution < 1.29 is 5.11 Å². The first-order chi connectivity index (χ1) is 8.58. The second kappa shape index (κ2) is 5.72. The second-order valence-corrected chi connectivity index (χ2v) is 6.06. The number of thioether (sulfide) groups is 1. The highest BCUT2D eigenvalue weighted by Crippen LogP contribution is 2.25. The molecule has 1 aromatic heterocycles. The molecule has 0 aliphatic carbocycles. The number of para-hydroxylation sites is 1. The molecular weight excluding hydrogens is 242 g/mol. The van der Waals surface area contributed by atoms with Crippen molar-refractivity contribution in [2.45, 2.75) is 37.9 Å². The van der Waals surface area contributed by atoms with Gasteiger partial charge in [-0.3, -0.25) is 4.98 Å². The first-order valence-corrected chi connectivity index (χ1v) is 7.27. The molecule has 2 unspecified atom stereocenters. The molecule has 0 saturated carbocycles. The summed E-state index contributed by atoms with van der Waals surface area (Å²) >= 11 is 1.78. The fourth-order valence-electron chi connectivity index (χ4n) is 1.87. The Morgan fingerprint density at radius 3 is 2.72 bits per heavy atom. The van der Waals surface area contributed by atoms with E-state index in [0.29, 0.717) is 0 Å². The maximum Gasteiger partial charge on any atom is 0.0708 e. The van der Waals surface area contributed by atoms with Gasteiger partial charge in [0.05, 0.1) is 11.6 Å². The van der Waals surface area contributed by atoms with Crippen molar-refractivity contribution in [3.8, 4) is 0 Å². The van der Waals surface area contributed by atoms with E-state index in [1.54, 1.807) is 11.8 Å². The van der Waals surface area contributed by atoms with Crippen molar-refractivity contribution in [1.82, 2.24) is 4.98 Å². The van der Waals surface area contributed by atoms with Crippen molar-refractivity contribution in [2.24, 2.45) is 0 Å². The summed E-state index contributed by atoms with van der Waals surface area (Å²) in [6.07, 6.45) is -0.274. The van der Waals surface area contributed by atoms with E-state index in [-0.39, 0.29) is 11.4 Å². The van der Waals surface area contributed by atoms with E-state index < -0.39 is 0 Å². The molecule has 2 rings (SSSR count). The maximum atomic E-state index is 9.53. The fraction of sp³-hybridized carbons (Fsp3) is 0.400.